The number of ether oxygens (including phenoxy) is 1. The Morgan fingerprint density at radius 2 is 2.13 bits per heavy atom. The van der Waals surface area contributed by atoms with Gasteiger partial charge in [0, 0.05) is 18.7 Å². The van der Waals surface area contributed by atoms with Crippen LogP contribution in [-0.4, -0.2) is 48.2 Å². The average molecular weight is 217 g/mol. The SMILES string of the molecule is CC(C)(CO)NCC(O)COCC1CC1. The number of aliphatic hydroxyl groups excluding tert-OH is 2. The minimum absolute atomic E-state index is 0.0582. The summed E-state index contributed by atoms with van der Waals surface area (Å²) in [5, 5.41) is 21.6. The number of β-amino-alcohol motifs (C(OH)–C–C–N with tert-alkyl or cyclic N) is 1. The van der Waals surface area contributed by atoms with Crippen LogP contribution >= 0.6 is 0 Å². The molecule has 4 nitrogen and oxygen atoms in total. The first-order chi connectivity index (χ1) is 7.03. The Hall–Kier alpha value is -0.160. The Morgan fingerprint density at radius 3 is 2.67 bits per heavy atom. The van der Waals surface area contributed by atoms with Crippen LogP contribution in [0.15, 0.2) is 0 Å². The molecule has 1 aliphatic rings. The zero-order chi connectivity index (χ0) is 11.3. The third-order valence-corrected chi connectivity index (χ3v) is 2.57. The van der Waals surface area contributed by atoms with E-state index in [1.54, 1.807) is 0 Å². The van der Waals surface area contributed by atoms with Crippen molar-refractivity contribution in [3.63, 3.8) is 0 Å². The molecule has 0 aromatic heterocycles. The maximum atomic E-state index is 9.57. The van der Waals surface area contributed by atoms with E-state index in [9.17, 15) is 5.11 Å². The van der Waals surface area contributed by atoms with Crippen LogP contribution in [0.4, 0.5) is 0 Å². The van der Waals surface area contributed by atoms with Crippen molar-refractivity contribution in [2.24, 2.45) is 5.92 Å². The van der Waals surface area contributed by atoms with Gasteiger partial charge in [0.05, 0.1) is 19.3 Å². The van der Waals surface area contributed by atoms with E-state index in [1.807, 2.05) is 13.8 Å². The summed E-state index contributed by atoms with van der Waals surface area (Å²) in [5.41, 5.74) is -0.336. The van der Waals surface area contributed by atoms with Gasteiger partial charge in [-0.15, -0.1) is 0 Å². The number of aliphatic hydroxyl groups is 2. The third kappa shape index (κ3) is 6.10. The molecule has 1 aliphatic carbocycles. The van der Waals surface area contributed by atoms with E-state index in [-0.39, 0.29) is 12.1 Å². The zero-order valence-electron chi connectivity index (χ0n) is 9.70. The summed E-state index contributed by atoms with van der Waals surface area (Å²) < 4.78 is 5.37. The molecule has 0 saturated heterocycles. The highest BCUT2D eigenvalue weighted by Gasteiger charge is 2.22. The number of rotatable bonds is 8. The Labute approximate surface area is 91.6 Å². The molecule has 0 spiro atoms. The molecule has 15 heavy (non-hydrogen) atoms. The number of nitrogens with one attached hydrogen (secondary N) is 1. The molecular weight excluding hydrogens is 194 g/mol. The molecule has 3 N–H and O–H groups in total. The number of hydrogen-bond acceptors (Lipinski definition) is 4. The van der Waals surface area contributed by atoms with Gasteiger partial charge in [-0.05, 0) is 32.6 Å². The lowest BCUT2D eigenvalue weighted by Crippen LogP contribution is -2.47. The molecule has 0 aliphatic heterocycles. The second-order valence-electron chi connectivity index (χ2n) is 5.06. The minimum Gasteiger partial charge on any atom is -0.394 e. The Bertz CT molecular complexity index is 181. The molecular formula is C11H23NO3. The van der Waals surface area contributed by atoms with Crippen LogP contribution < -0.4 is 5.32 Å². The molecule has 4 heteroatoms. The fraction of sp³-hybridized carbons (Fsp3) is 1.00. The molecule has 1 saturated carbocycles. The van der Waals surface area contributed by atoms with Crippen molar-refractivity contribution in [1.29, 1.82) is 0 Å². The van der Waals surface area contributed by atoms with Crippen molar-refractivity contribution in [3.8, 4) is 0 Å². The molecule has 1 atom stereocenters. The lowest BCUT2D eigenvalue weighted by Gasteiger charge is -2.25. The molecule has 1 rings (SSSR count). The van der Waals surface area contributed by atoms with Gasteiger partial charge in [0.1, 0.15) is 0 Å². The van der Waals surface area contributed by atoms with E-state index in [0.29, 0.717) is 13.2 Å². The lowest BCUT2D eigenvalue weighted by atomic mass is 10.1. The molecule has 0 radical (unpaired) electrons. The maximum Gasteiger partial charge on any atom is 0.0897 e. The average Bonchev–Trinajstić information content (AvgIpc) is 2.99. The van der Waals surface area contributed by atoms with Crippen molar-refractivity contribution < 1.29 is 14.9 Å². The van der Waals surface area contributed by atoms with Gasteiger partial charge in [0.15, 0.2) is 0 Å². The second-order valence-corrected chi connectivity index (χ2v) is 5.06. The summed E-state index contributed by atoms with van der Waals surface area (Å²) in [7, 11) is 0. The first-order valence-electron chi connectivity index (χ1n) is 5.65. The lowest BCUT2D eigenvalue weighted by molar-refractivity contribution is 0.0271. The molecule has 0 aromatic rings. The van der Waals surface area contributed by atoms with E-state index in [0.717, 1.165) is 12.5 Å². The van der Waals surface area contributed by atoms with Crippen LogP contribution in [0.1, 0.15) is 26.7 Å². The minimum atomic E-state index is -0.491. The quantitative estimate of drug-likeness (QED) is 0.541. The maximum absolute atomic E-state index is 9.57. The van der Waals surface area contributed by atoms with Gasteiger partial charge in [-0.1, -0.05) is 0 Å². The zero-order valence-corrected chi connectivity index (χ0v) is 9.70. The molecule has 0 aromatic carbocycles. The van der Waals surface area contributed by atoms with Crippen LogP contribution in [0.2, 0.25) is 0 Å². The standard InChI is InChI=1S/C11H23NO3/c1-11(2,8-13)12-5-10(14)7-15-6-9-3-4-9/h9-10,12-14H,3-8H2,1-2H3. The highest BCUT2D eigenvalue weighted by molar-refractivity contribution is 4.77. The molecule has 0 heterocycles. The Morgan fingerprint density at radius 1 is 1.47 bits per heavy atom. The van der Waals surface area contributed by atoms with Crippen LogP contribution in [0, 0.1) is 5.92 Å². The number of hydrogen-bond donors (Lipinski definition) is 3. The summed E-state index contributed by atoms with van der Waals surface area (Å²) in [4.78, 5) is 0. The van der Waals surface area contributed by atoms with Gasteiger partial charge in [-0.3, -0.25) is 0 Å². The molecule has 0 amide bonds. The summed E-state index contributed by atoms with van der Waals surface area (Å²) in [6, 6.07) is 0. The van der Waals surface area contributed by atoms with Crippen LogP contribution in [0.25, 0.3) is 0 Å². The van der Waals surface area contributed by atoms with E-state index in [4.69, 9.17) is 9.84 Å². The van der Waals surface area contributed by atoms with E-state index in [2.05, 4.69) is 5.32 Å². The Balaban J connectivity index is 1.99. The van der Waals surface area contributed by atoms with Crippen LogP contribution in [0.5, 0.6) is 0 Å². The van der Waals surface area contributed by atoms with Crippen molar-refractivity contribution in [2.75, 3.05) is 26.4 Å². The van der Waals surface area contributed by atoms with Crippen LogP contribution in [-0.2, 0) is 4.74 Å². The Kier molecular flexibility index (Phi) is 4.99. The third-order valence-electron chi connectivity index (χ3n) is 2.57. The largest absolute Gasteiger partial charge is 0.394 e. The summed E-state index contributed by atoms with van der Waals surface area (Å²) >= 11 is 0. The van der Waals surface area contributed by atoms with Gasteiger partial charge in [-0.25, -0.2) is 0 Å². The molecule has 90 valence electrons. The van der Waals surface area contributed by atoms with Crippen LogP contribution in [0.3, 0.4) is 0 Å². The van der Waals surface area contributed by atoms with Crippen molar-refractivity contribution in [3.05, 3.63) is 0 Å². The predicted octanol–water partition coefficient (Wildman–Crippen LogP) is 0.134. The van der Waals surface area contributed by atoms with Gasteiger partial charge in [0.25, 0.3) is 0 Å². The monoisotopic (exact) mass is 217 g/mol. The van der Waals surface area contributed by atoms with E-state index in [1.165, 1.54) is 12.8 Å². The van der Waals surface area contributed by atoms with Crippen molar-refractivity contribution in [1.82, 2.24) is 5.32 Å². The molecule has 1 fully saturated rings. The van der Waals surface area contributed by atoms with Gasteiger partial charge < -0.3 is 20.3 Å². The fourth-order valence-electron chi connectivity index (χ4n) is 1.16. The second kappa shape index (κ2) is 5.80. The first kappa shape index (κ1) is 12.9. The highest BCUT2D eigenvalue weighted by atomic mass is 16.5. The molecule has 1 unspecified atom stereocenters. The first-order valence-corrected chi connectivity index (χ1v) is 5.65. The van der Waals surface area contributed by atoms with E-state index < -0.39 is 6.10 Å². The topological polar surface area (TPSA) is 61.7 Å². The van der Waals surface area contributed by atoms with Gasteiger partial charge in [0.2, 0.25) is 0 Å². The highest BCUT2D eigenvalue weighted by Crippen LogP contribution is 2.28. The van der Waals surface area contributed by atoms with Gasteiger partial charge >= 0.3 is 0 Å². The fourth-order valence-corrected chi connectivity index (χ4v) is 1.16. The summed E-state index contributed by atoms with van der Waals surface area (Å²) in [5.74, 6) is 0.735. The molecule has 0 bridgehead atoms. The summed E-state index contributed by atoms with van der Waals surface area (Å²) in [6.07, 6.45) is 2.05. The van der Waals surface area contributed by atoms with E-state index >= 15 is 0 Å². The normalized spacial score (nSPS) is 19.2. The van der Waals surface area contributed by atoms with Gasteiger partial charge in [-0.2, -0.15) is 0 Å². The smallest absolute Gasteiger partial charge is 0.0897 e. The van der Waals surface area contributed by atoms with Crippen molar-refractivity contribution >= 4 is 0 Å². The predicted molar refractivity (Wildman–Crippen MR) is 58.7 cm³/mol. The van der Waals surface area contributed by atoms with Crippen molar-refractivity contribution in [2.45, 2.75) is 38.3 Å². The summed E-state index contributed by atoms with van der Waals surface area (Å²) in [6.45, 7) is 5.46.